The average Bonchev–Trinajstić information content (AvgIpc) is 2.83. The molecule has 2 rings (SSSR count). The predicted molar refractivity (Wildman–Crippen MR) is 145 cm³/mol. The zero-order valence-electron chi connectivity index (χ0n) is 21.9. The molecule has 0 aliphatic rings. The number of nitrogens with zero attached hydrogens (tertiary/aromatic N) is 3. The van der Waals surface area contributed by atoms with Gasteiger partial charge in [-0.25, -0.2) is 4.31 Å². The van der Waals surface area contributed by atoms with Gasteiger partial charge in [0.15, 0.2) is 0 Å². The van der Waals surface area contributed by atoms with Crippen LogP contribution in [0.3, 0.4) is 0 Å². The summed E-state index contributed by atoms with van der Waals surface area (Å²) in [4.78, 5) is 28.3. The van der Waals surface area contributed by atoms with E-state index in [1.165, 1.54) is 19.0 Å². The highest BCUT2D eigenvalue weighted by Gasteiger charge is 2.34. The number of rotatable bonds is 12. The van der Waals surface area contributed by atoms with E-state index in [0.29, 0.717) is 34.8 Å². The van der Waals surface area contributed by atoms with Gasteiger partial charge in [0.2, 0.25) is 11.8 Å². The highest BCUT2D eigenvalue weighted by atomic mass is 35.5. The molecular formula is C26H37ClN4O4S. The molecule has 0 spiro atoms. The first-order valence-electron chi connectivity index (χ1n) is 12.0. The number of carbonyl (C=O) groups is 2. The normalized spacial score (nSPS) is 12.3. The first-order chi connectivity index (χ1) is 16.9. The Morgan fingerprint density at radius 3 is 2.31 bits per heavy atom. The second-order valence-electron chi connectivity index (χ2n) is 8.91. The van der Waals surface area contributed by atoms with Crippen molar-refractivity contribution in [3.05, 3.63) is 64.2 Å². The lowest BCUT2D eigenvalue weighted by Gasteiger charge is -2.34. The monoisotopic (exact) mass is 536 g/mol. The van der Waals surface area contributed by atoms with E-state index in [-0.39, 0.29) is 12.5 Å². The van der Waals surface area contributed by atoms with E-state index >= 15 is 0 Å². The van der Waals surface area contributed by atoms with Crippen molar-refractivity contribution in [1.29, 1.82) is 0 Å². The van der Waals surface area contributed by atoms with Gasteiger partial charge in [0.25, 0.3) is 0 Å². The molecule has 198 valence electrons. The summed E-state index contributed by atoms with van der Waals surface area (Å²) in [6, 6.07) is 11.8. The Bertz CT molecular complexity index is 1170. The van der Waals surface area contributed by atoms with E-state index in [4.69, 9.17) is 11.6 Å². The molecule has 0 aliphatic carbocycles. The van der Waals surface area contributed by atoms with Crippen LogP contribution in [0.2, 0.25) is 5.02 Å². The molecule has 10 heteroatoms. The number of benzene rings is 2. The maximum Gasteiger partial charge on any atom is 0.304 e. The topological polar surface area (TPSA) is 90.0 Å². The maximum atomic E-state index is 13.9. The van der Waals surface area contributed by atoms with Crippen LogP contribution in [0.5, 0.6) is 0 Å². The molecule has 8 nitrogen and oxygen atoms in total. The summed E-state index contributed by atoms with van der Waals surface area (Å²) >= 11 is 6.39. The van der Waals surface area contributed by atoms with Gasteiger partial charge in [0.1, 0.15) is 12.6 Å². The number of amides is 2. The SMILES string of the molecule is CCCNC(=O)[C@H](CC)N(Cc1ccccc1Cl)C(=O)CN(c1cc(C)ccc1C)S(=O)(=O)N(C)C. The van der Waals surface area contributed by atoms with Crippen LogP contribution in [0.4, 0.5) is 5.69 Å². The number of hydrogen-bond acceptors (Lipinski definition) is 4. The van der Waals surface area contributed by atoms with E-state index in [2.05, 4.69) is 5.32 Å². The van der Waals surface area contributed by atoms with Gasteiger partial charge in [0, 0.05) is 32.2 Å². The van der Waals surface area contributed by atoms with E-state index in [1.54, 1.807) is 37.3 Å². The summed E-state index contributed by atoms with van der Waals surface area (Å²) in [5.41, 5.74) is 2.66. The van der Waals surface area contributed by atoms with Crippen molar-refractivity contribution in [3.63, 3.8) is 0 Å². The smallest absolute Gasteiger partial charge is 0.304 e. The molecule has 0 fully saturated rings. The maximum absolute atomic E-state index is 13.9. The van der Waals surface area contributed by atoms with E-state index < -0.39 is 28.7 Å². The van der Waals surface area contributed by atoms with Gasteiger partial charge in [-0.15, -0.1) is 0 Å². The fraction of sp³-hybridized carbons (Fsp3) is 0.462. The minimum absolute atomic E-state index is 0.0687. The van der Waals surface area contributed by atoms with Crippen LogP contribution in [0.15, 0.2) is 42.5 Å². The molecule has 1 atom stereocenters. The molecule has 36 heavy (non-hydrogen) atoms. The standard InChI is InChI=1S/C26H37ClN4O4S/c1-7-15-28-26(33)23(8-2)30(17-21-11-9-10-12-22(21)27)25(32)18-31(36(34,35)29(5)6)24-16-19(3)13-14-20(24)4/h9-14,16,23H,7-8,15,17-18H2,1-6H3,(H,28,33)/t23-/m0/s1. The Morgan fingerprint density at radius 2 is 1.72 bits per heavy atom. The summed E-state index contributed by atoms with van der Waals surface area (Å²) in [6.07, 6.45) is 1.11. The van der Waals surface area contributed by atoms with Gasteiger partial charge in [-0.1, -0.05) is 55.8 Å². The van der Waals surface area contributed by atoms with Crippen molar-refractivity contribution in [2.45, 2.75) is 53.1 Å². The van der Waals surface area contributed by atoms with Gasteiger partial charge >= 0.3 is 10.2 Å². The number of carbonyl (C=O) groups excluding carboxylic acids is 2. The molecule has 0 saturated heterocycles. The van der Waals surface area contributed by atoms with Crippen LogP contribution in [-0.2, 0) is 26.3 Å². The zero-order chi connectivity index (χ0) is 27.0. The van der Waals surface area contributed by atoms with E-state index in [0.717, 1.165) is 20.6 Å². The van der Waals surface area contributed by atoms with Gasteiger partial charge in [-0.3, -0.25) is 9.59 Å². The Labute approximate surface area is 220 Å². The fourth-order valence-corrected chi connectivity index (χ4v) is 5.09. The first-order valence-corrected chi connectivity index (χ1v) is 13.8. The number of halogens is 1. The van der Waals surface area contributed by atoms with Crippen LogP contribution >= 0.6 is 11.6 Å². The lowest BCUT2D eigenvalue weighted by molar-refractivity contribution is -0.140. The summed E-state index contributed by atoms with van der Waals surface area (Å²) in [7, 11) is -1.17. The largest absolute Gasteiger partial charge is 0.354 e. The van der Waals surface area contributed by atoms with Crippen molar-refractivity contribution in [1.82, 2.24) is 14.5 Å². The molecule has 0 aliphatic heterocycles. The van der Waals surface area contributed by atoms with Crippen molar-refractivity contribution >= 4 is 39.3 Å². The van der Waals surface area contributed by atoms with Crippen molar-refractivity contribution < 1.29 is 18.0 Å². The summed E-state index contributed by atoms with van der Waals surface area (Å²) < 4.78 is 28.9. The Balaban J connectivity index is 2.56. The third-order valence-corrected chi connectivity index (χ3v) is 8.06. The summed E-state index contributed by atoms with van der Waals surface area (Å²) in [6.45, 7) is 7.51. The minimum Gasteiger partial charge on any atom is -0.354 e. The second-order valence-corrected chi connectivity index (χ2v) is 11.4. The van der Waals surface area contributed by atoms with Crippen molar-refractivity contribution in [2.75, 3.05) is 31.5 Å². The molecule has 1 N–H and O–H groups in total. The molecule has 0 radical (unpaired) electrons. The predicted octanol–water partition coefficient (Wildman–Crippen LogP) is 3.90. The number of nitrogens with one attached hydrogen (secondary N) is 1. The highest BCUT2D eigenvalue weighted by Crippen LogP contribution is 2.26. The molecule has 0 saturated carbocycles. The van der Waals surface area contributed by atoms with Crippen LogP contribution in [0.1, 0.15) is 43.4 Å². The molecule has 2 aromatic rings. The molecule has 0 bridgehead atoms. The lowest BCUT2D eigenvalue weighted by Crippen LogP contribution is -2.53. The molecule has 0 aromatic heterocycles. The Morgan fingerprint density at radius 1 is 1.06 bits per heavy atom. The van der Waals surface area contributed by atoms with Crippen LogP contribution < -0.4 is 9.62 Å². The van der Waals surface area contributed by atoms with Gasteiger partial charge < -0.3 is 10.2 Å². The van der Waals surface area contributed by atoms with Gasteiger partial charge in [-0.2, -0.15) is 12.7 Å². The van der Waals surface area contributed by atoms with Crippen LogP contribution in [0, 0.1) is 13.8 Å². The summed E-state index contributed by atoms with van der Waals surface area (Å²) in [5.74, 6) is -0.784. The van der Waals surface area contributed by atoms with E-state index in [9.17, 15) is 18.0 Å². The summed E-state index contributed by atoms with van der Waals surface area (Å²) in [5, 5.41) is 3.33. The second kappa shape index (κ2) is 13.1. The van der Waals surface area contributed by atoms with Crippen molar-refractivity contribution in [2.24, 2.45) is 0 Å². The lowest BCUT2D eigenvalue weighted by atomic mass is 10.1. The first kappa shape index (κ1) is 29.6. The third-order valence-electron chi connectivity index (χ3n) is 5.89. The third kappa shape index (κ3) is 7.21. The molecule has 2 aromatic carbocycles. The zero-order valence-corrected chi connectivity index (χ0v) is 23.5. The Kier molecular flexibility index (Phi) is 10.8. The molecule has 0 heterocycles. The number of anilines is 1. The van der Waals surface area contributed by atoms with E-state index in [1.807, 2.05) is 32.9 Å². The van der Waals surface area contributed by atoms with Gasteiger partial charge in [-0.05, 0) is 55.5 Å². The van der Waals surface area contributed by atoms with Crippen molar-refractivity contribution in [3.8, 4) is 0 Å². The minimum atomic E-state index is -4.02. The fourth-order valence-electron chi connectivity index (χ4n) is 3.79. The number of hydrogen-bond donors (Lipinski definition) is 1. The van der Waals surface area contributed by atoms with Crippen LogP contribution in [-0.4, -0.2) is 62.7 Å². The molecule has 0 unspecified atom stereocenters. The average molecular weight is 537 g/mol. The van der Waals surface area contributed by atoms with Crippen LogP contribution in [0.25, 0.3) is 0 Å². The molecular weight excluding hydrogens is 500 g/mol. The Hall–Kier alpha value is -2.62. The molecule has 2 amide bonds. The quantitative estimate of drug-likeness (QED) is 0.445. The van der Waals surface area contributed by atoms with Gasteiger partial charge in [0.05, 0.1) is 5.69 Å². The highest BCUT2D eigenvalue weighted by molar-refractivity contribution is 7.90. The number of aryl methyl sites for hydroxylation is 2.